The third kappa shape index (κ3) is 0. The van der Waals surface area contributed by atoms with Crippen LogP contribution in [-0.2, 0) is 0 Å². The predicted octanol–water partition coefficient (Wildman–Crippen LogP) is 2.69. The topological polar surface area (TPSA) is 0 Å². The van der Waals surface area contributed by atoms with Crippen LogP contribution in [-0.4, -0.2) is 0 Å². The van der Waals surface area contributed by atoms with Gasteiger partial charge in [0, 0.05) is 0 Å². The van der Waals surface area contributed by atoms with E-state index in [-0.39, 0.29) is 0 Å². The van der Waals surface area contributed by atoms with Crippen LogP contribution in [0.3, 0.4) is 0 Å². The van der Waals surface area contributed by atoms with Gasteiger partial charge in [-0.15, -0.1) is 0 Å². The summed E-state index contributed by atoms with van der Waals surface area (Å²) in [5.41, 5.74) is 0. The van der Waals surface area contributed by atoms with E-state index < -0.39 is 0 Å². The fourth-order valence-electron chi connectivity index (χ4n) is 0. The Morgan fingerprint density at radius 1 is 0.833 bits per heavy atom. The standard InChI is InChI=1S/C4H10.C2H6/c1-4(2)3;1-2/h4H,1-3H3;1-2H3. The molecule has 0 aromatic heterocycles. The summed E-state index contributed by atoms with van der Waals surface area (Å²) in [5.74, 6) is 0.833. The number of hydrogen-bond donors (Lipinski definition) is 0. The van der Waals surface area contributed by atoms with E-state index in [0.717, 1.165) is 5.92 Å². The summed E-state index contributed by atoms with van der Waals surface area (Å²) in [4.78, 5) is 0. The third-order valence-corrected chi connectivity index (χ3v) is 0. The molecule has 0 saturated carbocycles. The molecule has 0 radical (unpaired) electrons. The van der Waals surface area contributed by atoms with E-state index in [2.05, 4.69) is 20.8 Å². The maximum Gasteiger partial charge on any atom is -0.0500 e. The molecule has 0 amide bonds. The minimum atomic E-state index is 0.833. The van der Waals surface area contributed by atoms with Gasteiger partial charge in [0.25, 0.3) is 0 Å². The van der Waals surface area contributed by atoms with Crippen molar-refractivity contribution in [3.05, 3.63) is 0 Å². The highest BCUT2D eigenvalue weighted by Gasteiger charge is 1.68. The van der Waals surface area contributed by atoms with Crippen molar-refractivity contribution in [2.45, 2.75) is 34.6 Å². The van der Waals surface area contributed by atoms with Gasteiger partial charge in [-0.25, -0.2) is 0 Å². The molecule has 0 aliphatic rings. The first-order chi connectivity index (χ1) is 2.73. The Bertz CT molecular complexity index is 4.75. The second-order valence-corrected chi connectivity index (χ2v) is 1.73. The molecule has 0 saturated heterocycles. The van der Waals surface area contributed by atoms with Crippen molar-refractivity contribution in [1.29, 1.82) is 0 Å². The average molecular weight is 88.2 g/mol. The van der Waals surface area contributed by atoms with Crippen LogP contribution in [0, 0.1) is 5.92 Å². The van der Waals surface area contributed by atoms with Crippen molar-refractivity contribution >= 4 is 0 Å². The third-order valence-electron chi connectivity index (χ3n) is 0. The van der Waals surface area contributed by atoms with Gasteiger partial charge in [0.15, 0.2) is 0 Å². The lowest BCUT2D eigenvalue weighted by Gasteiger charge is -1.79. The molecular formula is C6H16. The quantitative estimate of drug-likeness (QED) is 0.427. The van der Waals surface area contributed by atoms with Crippen molar-refractivity contribution in [3.63, 3.8) is 0 Å². The van der Waals surface area contributed by atoms with Crippen molar-refractivity contribution in [2.24, 2.45) is 5.92 Å². The maximum atomic E-state index is 2.17. The zero-order valence-corrected chi connectivity index (χ0v) is 5.58. The molecule has 0 N–H and O–H groups in total. The minimum absolute atomic E-state index is 0.833. The van der Waals surface area contributed by atoms with Gasteiger partial charge in [0.1, 0.15) is 0 Å². The van der Waals surface area contributed by atoms with Gasteiger partial charge in [-0.1, -0.05) is 34.6 Å². The second-order valence-electron chi connectivity index (χ2n) is 1.73. The molecule has 0 unspecified atom stereocenters. The van der Waals surface area contributed by atoms with Gasteiger partial charge in [-0.3, -0.25) is 0 Å². The maximum absolute atomic E-state index is 2.17. The second kappa shape index (κ2) is 8.89. The van der Waals surface area contributed by atoms with Gasteiger partial charge in [0.2, 0.25) is 0 Å². The van der Waals surface area contributed by atoms with Crippen LogP contribution in [0.5, 0.6) is 0 Å². The SMILES string of the molecule is CC.CC(C)C. The van der Waals surface area contributed by atoms with E-state index in [1.54, 1.807) is 0 Å². The zero-order chi connectivity index (χ0) is 5.58. The molecular weight excluding hydrogens is 72.1 g/mol. The van der Waals surface area contributed by atoms with Crippen molar-refractivity contribution in [1.82, 2.24) is 0 Å². The lowest BCUT2D eigenvalue weighted by Crippen LogP contribution is -1.66. The van der Waals surface area contributed by atoms with Crippen LogP contribution in [0.15, 0.2) is 0 Å². The van der Waals surface area contributed by atoms with Gasteiger partial charge in [0.05, 0.1) is 0 Å². The monoisotopic (exact) mass is 88.1 g/mol. The fraction of sp³-hybridized carbons (Fsp3) is 1.00. The van der Waals surface area contributed by atoms with E-state index in [9.17, 15) is 0 Å². The lowest BCUT2D eigenvalue weighted by molar-refractivity contribution is 0.737. The molecule has 6 heavy (non-hydrogen) atoms. The zero-order valence-electron chi connectivity index (χ0n) is 5.58. The molecule has 0 aromatic carbocycles. The Morgan fingerprint density at radius 3 is 0.833 bits per heavy atom. The van der Waals surface area contributed by atoms with Crippen LogP contribution in [0.25, 0.3) is 0 Å². The molecule has 0 heterocycles. The summed E-state index contributed by atoms with van der Waals surface area (Å²) in [6.45, 7) is 10.5. The summed E-state index contributed by atoms with van der Waals surface area (Å²) in [5, 5.41) is 0. The average Bonchev–Trinajstić information content (AvgIpc) is 1.41. The van der Waals surface area contributed by atoms with E-state index in [0.29, 0.717) is 0 Å². The number of rotatable bonds is 0. The summed E-state index contributed by atoms with van der Waals surface area (Å²) >= 11 is 0. The molecule has 0 aliphatic carbocycles. The van der Waals surface area contributed by atoms with Crippen LogP contribution in [0.1, 0.15) is 34.6 Å². The molecule has 0 aliphatic heterocycles. The first kappa shape index (κ1) is 9.38. The highest BCUT2D eigenvalue weighted by atomic mass is 13.7. The van der Waals surface area contributed by atoms with Crippen LogP contribution in [0.2, 0.25) is 0 Å². The van der Waals surface area contributed by atoms with Crippen molar-refractivity contribution in [2.75, 3.05) is 0 Å². The first-order valence-corrected chi connectivity index (χ1v) is 2.73. The highest BCUT2D eigenvalue weighted by molar-refractivity contribution is 4.20. The van der Waals surface area contributed by atoms with Gasteiger partial charge < -0.3 is 0 Å². The van der Waals surface area contributed by atoms with E-state index in [1.807, 2.05) is 13.8 Å². The van der Waals surface area contributed by atoms with E-state index in [4.69, 9.17) is 0 Å². The summed E-state index contributed by atoms with van der Waals surface area (Å²) in [6, 6.07) is 0. The summed E-state index contributed by atoms with van der Waals surface area (Å²) in [7, 11) is 0. The molecule has 0 bridgehead atoms. The molecule has 0 nitrogen and oxygen atoms in total. The summed E-state index contributed by atoms with van der Waals surface area (Å²) < 4.78 is 0. The van der Waals surface area contributed by atoms with Crippen LogP contribution in [0.4, 0.5) is 0 Å². The van der Waals surface area contributed by atoms with E-state index >= 15 is 0 Å². The molecule has 40 valence electrons. The van der Waals surface area contributed by atoms with Crippen molar-refractivity contribution < 1.29 is 0 Å². The number of hydrogen-bond acceptors (Lipinski definition) is 0. The lowest BCUT2D eigenvalue weighted by atomic mass is 10.3. The first-order valence-electron chi connectivity index (χ1n) is 2.73. The Labute approximate surface area is 41.6 Å². The van der Waals surface area contributed by atoms with Gasteiger partial charge in [-0.2, -0.15) is 0 Å². The molecule has 0 aromatic rings. The van der Waals surface area contributed by atoms with Crippen LogP contribution >= 0.6 is 0 Å². The molecule has 0 rings (SSSR count). The summed E-state index contributed by atoms with van der Waals surface area (Å²) in [6.07, 6.45) is 0. The molecule has 0 fully saturated rings. The fourth-order valence-corrected chi connectivity index (χ4v) is 0. The van der Waals surface area contributed by atoms with Crippen molar-refractivity contribution in [3.8, 4) is 0 Å². The van der Waals surface area contributed by atoms with Gasteiger partial charge >= 0.3 is 0 Å². The van der Waals surface area contributed by atoms with Gasteiger partial charge in [-0.05, 0) is 5.92 Å². The van der Waals surface area contributed by atoms with E-state index in [1.165, 1.54) is 0 Å². The molecule has 0 atom stereocenters. The Kier molecular flexibility index (Phi) is 13.9. The largest absolute Gasteiger partial charge is 0.0683 e. The Balaban J connectivity index is 0. The Hall–Kier alpha value is 0. The highest BCUT2D eigenvalue weighted by Crippen LogP contribution is 1.81. The molecule has 0 spiro atoms. The minimum Gasteiger partial charge on any atom is -0.0683 e. The smallest absolute Gasteiger partial charge is 0.0500 e. The predicted molar refractivity (Wildman–Crippen MR) is 31.9 cm³/mol. The van der Waals surface area contributed by atoms with Crippen LogP contribution < -0.4 is 0 Å². The normalized spacial score (nSPS) is 7.00. The Morgan fingerprint density at radius 2 is 0.833 bits per heavy atom. The molecule has 0 heteroatoms.